The molecule has 0 radical (unpaired) electrons. The van der Waals surface area contributed by atoms with Crippen LogP contribution >= 0.6 is 11.6 Å². The third-order valence-electron chi connectivity index (χ3n) is 5.00. The minimum Gasteiger partial charge on any atom is -0.337 e. The molecule has 1 saturated heterocycles. The average Bonchev–Trinajstić information content (AvgIpc) is 2.68. The third-order valence-corrected chi connectivity index (χ3v) is 5.24. The quantitative estimate of drug-likeness (QED) is 0.597. The molecule has 1 aliphatic rings. The third kappa shape index (κ3) is 5.10. The molecule has 0 aliphatic carbocycles. The second-order valence-corrected chi connectivity index (χ2v) is 7.55. The molecule has 148 valence electrons. The number of rotatable bonds is 5. The van der Waals surface area contributed by atoms with Crippen molar-refractivity contribution in [1.29, 1.82) is 0 Å². The molecule has 2 amide bonds. The van der Waals surface area contributed by atoms with Crippen molar-refractivity contribution in [1.82, 2.24) is 15.3 Å². The first-order valence-corrected chi connectivity index (χ1v) is 9.63. The number of hydrogen-bond donors (Lipinski definition) is 2. The Morgan fingerprint density at radius 2 is 1.89 bits per heavy atom. The summed E-state index contributed by atoms with van der Waals surface area (Å²) in [5.41, 5.74) is 4.06. The summed E-state index contributed by atoms with van der Waals surface area (Å²) in [7, 11) is 0. The van der Waals surface area contributed by atoms with E-state index in [0.717, 1.165) is 30.8 Å². The maximum absolute atomic E-state index is 12.7. The van der Waals surface area contributed by atoms with Crippen LogP contribution in [0.15, 0.2) is 48.5 Å². The largest absolute Gasteiger partial charge is 0.337 e. The van der Waals surface area contributed by atoms with Gasteiger partial charge in [0.1, 0.15) is 0 Å². The number of benzene rings is 2. The summed E-state index contributed by atoms with van der Waals surface area (Å²) >= 11 is 6.01. The van der Waals surface area contributed by atoms with E-state index >= 15 is 0 Å². The molecule has 1 heterocycles. The molecule has 1 atom stereocenters. The summed E-state index contributed by atoms with van der Waals surface area (Å²) in [5, 5.41) is 9.32. The van der Waals surface area contributed by atoms with E-state index in [0.29, 0.717) is 23.6 Å². The lowest BCUT2D eigenvalue weighted by molar-refractivity contribution is -0.135. The molecular formula is C21H24ClN3O3. The summed E-state index contributed by atoms with van der Waals surface area (Å²) in [6, 6.07) is 14.7. The van der Waals surface area contributed by atoms with E-state index in [4.69, 9.17) is 16.8 Å². The van der Waals surface area contributed by atoms with Crippen molar-refractivity contribution < 1.29 is 14.8 Å². The van der Waals surface area contributed by atoms with Gasteiger partial charge in [0.05, 0.1) is 6.42 Å². The molecule has 2 aromatic rings. The molecule has 1 aliphatic heterocycles. The second kappa shape index (κ2) is 9.19. The zero-order chi connectivity index (χ0) is 20.1. The molecule has 2 aromatic carbocycles. The summed E-state index contributed by atoms with van der Waals surface area (Å²) in [6.45, 7) is 5.09. The second-order valence-electron chi connectivity index (χ2n) is 7.12. The molecule has 2 N–H and O–H groups in total. The van der Waals surface area contributed by atoms with E-state index in [2.05, 4.69) is 11.8 Å². The lowest BCUT2D eigenvalue weighted by Gasteiger charge is -2.40. The first-order valence-electron chi connectivity index (χ1n) is 9.26. The van der Waals surface area contributed by atoms with Crippen molar-refractivity contribution >= 4 is 23.4 Å². The van der Waals surface area contributed by atoms with Gasteiger partial charge in [0.25, 0.3) is 5.91 Å². The highest BCUT2D eigenvalue weighted by atomic mass is 35.5. The van der Waals surface area contributed by atoms with Gasteiger partial charge in [0.2, 0.25) is 5.91 Å². The normalized spacial score (nSPS) is 17.4. The number of piperazine rings is 1. The predicted octanol–water partition coefficient (Wildman–Crippen LogP) is 2.73. The van der Waals surface area contributed by atoms with E-state index in [-0.39, 0.29) is 11.9 Å². The van der Waals surface area contributed by atoms with Gasteiger partial charge in [-0.25, -0.2) is 5.48 Å². The number of carbonyl (C=O) groups is 2. The van der Waals surface area contributed by atoms with E-state index in [1.54, 1.807) is 23.7 Å². The number of amides is 2. The zero-order valence-electron chi connectivity index (χ0n) is 15.8. The van der Waals surface area contributed by atoms with Gasteiger partial charge in [-0.1, -0.05) is 35.9 Å². The van der Waals surface area contributed by atoms with Crippen molar-refractivity contribution in [2.75, 3.05) is 19.6 Å². The Kier molecular flexibility index (Phi) is 6.67. The molecule has 0 saturated carbocycles. The number of hydrogen-bond acceptors (Lipinski definition) is 4. The standard InChI is InChI=1S/C21H24ClN3O3/c1-15-13-24(14-16-5-7-18(8-6-16)21(27)23-28)9-10-25(15)20(26)12-17-3-2-4-19(22)11-17/h2-8,11,15,28H,9-10,12-14H2,1H3,(H,23,27)/t15-/m0/s1. The Morgan fingerprint density at radius 1 is 1.14 bits per heavy atom. The van der Waals surface area contributed by atoms with Crippen LogP contribution in [-0.4, -0.2) is 52.5 Å². The number of nitrogens with one attached hydrogen (secondary N) is 1. The van der Waals surface area contributed by atoms with E-state index in [9.17, 15) is 9.59 Å². The predicted molar refractivity (Wildman–Crippen MR) is 107 cm³/mol. The minimum absolute atomic E-state index is 0.119. The molecule has 0 bridgehead atoms. The average molecular weight is 402 g/mol. The Morgan fingerprint density at radius 3 is 2.54 bits per heavy atom. The highest BCUT2D eigenvalue weighted by Gasteiger charge is 2.27. The molecular weight excluding hydrogens is 378 g/mol. The van der Waals surface area contributed by atoms with Crippen molar-refractivity contribution in [3.05, 3.63) is 70.2 Å². The minimum atomic E-state index is -0.521. The highest BCUT2D eigenvalue weighted by molar-refractivity contribution is 6.30. The van der Waals surface area contributed by atoms with Gasteiger partial charge in [-0.05, 0) is 42.3 Å². The highest BCUT2D eigenvalue weighted by Crippen LogP contribution is 2.17. The van der Waals surface area contributed by atoms with Crippen LogP contribution < -0.4 is 5.48 Å². The number of hydroxylamine groups is 1. The van der Waals surface area contributed by atoms with Gasteiger partial charge in [0.15, 0.2) is 0 Å². The summed E-state index contributed by atoms with van der Waals surface area (Å²) in [5.74, 6) is -0.402. The van der Waals surface area contributed by atoms with E-state index in [1.807, 2.05) is 35.2 Å². The fourth-order valence-corrected chi connectivity index (χ4v) is 3.77. The summed E-state index contributed by atoms with van der Waals surface area (Å²) < 4.78 is 0. The van der Waals surface area contributed by atoms with E-state index < -0.39 is 5.91 Å². The topological polar surface area (TPSA) is 72.9 Å². The van der Waals surface area contributed by atoms with Crippen molar-refractivity contribution in [3.63, 3.8) is 0 Å². The molecule has 28 heavy (non-hydrogen) atoms. The SMILES string of the molecule is C[C@H]1CN(Cc2ccc(C(=O)NO)cc2)CCN1C(=O)Cc1cccc(Cl)c1. The maximum Gasteiger partial charge on any atom is 0.274 e. The molecule has 7 heteroatoms. The Bertz CT molecular complexity index is 841. The molecule has 0 spiro atoms. The zero-order valence-corrected chi connectivity index (χ0v) is 16.5. The first-order chi connectivity index (χ1) is 13.5. The van der Waals surface area contributed by atoms with Crippen LogP contribution in [0.4, 0.5) is 0 Å². The van der Waals surface area contributed by atoms with Gasteiger partial charge in [0, 0.05) is 42.8 Å². The van der Waals surface area contributed by atoms with Crippen LogP contribution in [0.2, 0.25) is 5.02 Å². The van der Waals surface area contributed by atoms with Crippen LogP contribution in [0.3, 0.4) is 0 Å². The van der Waals surface area contributed by atoms with Crippen molar-refractivity contribution in [2.45, 2.75) is 25.9 Å². The van der Waals surface area contributed by atoms with Crippen LogP contribution in [-0.2, 0) is 17.8 Å². The Hall–Kier alpha value is -2.41. The smallest absolute Gasteiger partial charge is 0.274 e. The molecule has 1 fully saturated rings. The van der Waals surface area contributed by atoms with Gasteiger partial charge in [-0.2, -0.15) is 0 Å². The lowest BCUT2D eigenvalue weighted by atomic mass is 10.1. The van der Waals surface area contributed by atoms with Crippen LogP contribution in [0, 0.1) is 0 Å². The maximum atomic E-state index is 12.7. The van der Waals surface area contributed by atoms with Gasteiger partial charge in [-0.3, -0.25) is 19.7 Å². The van der Waals surface area contributed by atoms with Crippen LogP contribution in [0.1, 0.15) is 28.4 Å². The summed E-state index contributed by atoms with van der Waals surface area (Å²) in [6.07, 6.45) is 0.360. The van der Waals surface area contributed by atoms with Crippen molar-refractivity contribution in [3.8, 4) is 0 Å². The fraction of sp³-hybridized carbons (Fsp3) is 0.333. The molecule has 3 rings (SSSR count). The fourth-order valence-electron chi connectivity index (χ4n) is 3.55. The van der Waals surface area contributed by atoms with Gasteiger partial charge >= 0.3 is 0 Å². The monoisotopic (exact) mass is 401 g/mol. The van der Waals surface area contributed by atoms with Gasteiger partial charge < -0.3 is 4.90 Å². The van der Waals surface area contributed by atoms with Gasteiger partial charge in [-0.15, -0.1) is 0 Å². The van der Waals surface area contributed by atoms with Crippen molar-refractivity contribution in [2.24, 2.45) is 0 Å². The lowest BCUT2D eigenvalue weighted by Crippen LogP contribution is -2.54. The first kappa shape index (κ1) is 20.3. The van der Waals surface area contributed by atoms with Crippen LogP contribution in [0.25, 0.3) is 0 Å². The van der Waals surface area contributed by atoms with Crippen LogP contribution in [0.5, 0.6) is 0 Å². The Balaban J connectivity index is 1.54. The Labute approximate surface area is 169 Å². The van der Waals surface area contributed by atoms with E-state index in [1.165, 1.54) is 0 Å². The number of halogens is 1. The number of carbonyl (C=O) groups excluding carboxylic acids is 2. The molecule has 6 nitrogen and oxygen atoms in total. The summed E-state index contributed by atoms with van der Waals surface area (Å²) in [4.78, 5) is 28.3. The molecule has 0 unspecified atom stereocenters. The number of nitrogens with zero attached hydrogens (tertiary/aromatic N) is 2. The molecule has 0 aromatic heterocycles.